The highest BCUT2D eigenvalue weighted by atomic mass is 19.4. The summed E-state index contributed by atoms with van der Waals surface area (Å²) in [6.45, 7) is 1.94. The van der Waals surface area contributed by atoms with E-state index in [1.807, 2.05) is 6.92 Å². The van der Waals surface area contributed by atoms with E-state index in [1.165, 1.54) is 24.3 Å². The van der Waals surface area contributed by atoms with Crippen molar-refractivity contribution in [2.45, 2.75) is 32.5 Å². The molecule has 0 bridgehead atoms. The quantitative estimate of drug-likeness (QED) is 0.419. The number of carbonyl (C=O) groups is 1. The van der Waals surface area contributed by atoms with E-state index in [1.54, 1.807) is 23.4 Å². The molecule has 0 unspecified atom stereocenters. The van der Waals surface area contributed by atoms with Gasteiger partial charge in [0.25, 0.3) is 0 Å². The Hall–Kier alpha value is -3.69. The van der Waals surface area contributed by atoms with Crippen LogP contribution < -0.4 is 9.64 Å². The normalized spacial score (nSPS) is 11.3. The number of alkyl halides is 3. The summed E-state index contributed by atoms with van der Waals surface area (Å²) in [6.07, 6.45) is 0.110. The number of aromatic nitrogens is 2. The van der Waals surface area contributed by atoms with Crippen LogP contribution in [0, 0.1) is 5.82 Å². The molecule has 3 rings (SSSR count). The fraction of sp³-hybridized carbons (Fsp3) is 0.292. The number of carboxylic acid groups (broad SMARTS) is 1. The highest BCUT2D eigenvalue weighted by molar-refractivity contribution is 5.68. The van der Waals surface area contributed by atoms with Crippen molar-refractivity contribution in [3.8, 4) is 5.75 Å². The summed E-state index contributed by atoms with van der Waals surface area (Å²) in [5.74, 6) is -1.65. The van der Waals surface area contributed by atoms with Crippen LogP contribution in [0.1, 0.15) is 29.2 Å². The molecule has 1 aromatic heterocycles. The van der Waals surface area contributed by atoms with Crippen molar-refractivity contribution >= 4 is 11.9 Å². The first kappa shape index (κ1) is 24.9. The average molecular weight is 477 g/mol. The predicted octanol–water partition coefficient (Wildman–Crippen LogP) is 4.91. The lowest BCUT2D eigenvalue weighted by Gasteiger charge is -2.23. The molecule has 0 spiro atoms. The molecule has 0 saturated carbocycles. The molecule has 6 nitrogen and oxygen atoms in total. The zero-order valence-corrected chi connectivity index (χ0v) is 18.3. The van der Waals surface area contributed by atoms with Gasteiger partial charge in [-0.15, -0.1) is 0 Å². The molecule has 0 atom stereocenters. The molecule has 0 aliphatic carbocycles. The molecule has 0 amide bonds. The summed E-state index contributed by atoms with van der Waals surface area (Å²) < 4.78 is 57.8. The number of aliphatic carboxylic acids is 1. The molecule has 1 N–H and O–H groups in total. The van der Waals surface area contributed by atoms with Crippen molar-refractivity contribution < 1.29 is 32.2 Å². The lowest BCUT2D eigenvalue weighted by atomic mass is 10.1. The molecule has 2 aromatic carbocycles. The minimum absolute atomic E-state index is 0.161. The van der Waals surface area contributed by atoms with Gasteiger partial charge in [0.2, 0.25) is 5.95 Å². The number of halogens is 4. The third-order valence-electron chi connectivity index (χ3n) is 5.06. The first-order valence-corrected chi connectivity index (χ1v) is 10.5. The number of anilines is 1. The van der Waals surface area contributed by atoms with Crippen molar-refractivity contribution in [3.63, 3.8) is 0 Å². The minimum Gasteiger partial charge on any atom is -0.479 e. The molecule has 0 aliphatic rings. The number of rotatable bonds is 10. The van der Waals surface area contributed by atoms with Crippen molar-refractivity contribution in [3.05, 3.63) is 82.9 Å². The number of benzene rings is 2. The zero-order valence-electron chi connectivity index (χ0n) is 18.3. The number of ether oxygens (including phenoxy) is 1. The van der Waals surface area contributed by atoms with Crippen molar-refractivity contribution in [1.82, 2.24) is 9.97 Å². The second-order valence-corrected chi connectivity index (χ2v) is 7.56. The fourth-order valence-corrected chi connectivity index (χ4v) is 3.18. The van der Waals surface area contributed by atoms with E-state index in [9.17, 15) is 22.4 Å². The Bertz CT molecular complexity index is 1100. The van der Waals surface area contributed by atoms with Crippen LogP contribution in [-0.2, 0) is 30.4 Å². The summed E-state index contributed by atoms with van der Waals surface area (Å²) in [6, 6.07) is 9.11. The summed E-state index contributed by atoms with van der Waals surface area (Å²) in [7, 11) is 0. The number of hydrogen-bond acceptors (Lipinski definition) is 5. The van der Waals surface area contributed by atoms with E-state index >= 15 is 0 Å². The van der Waals surface area contributed by atoms with Crippen LogP contribution in [0.15, 0.2) is 54.9 Å². The first-order valence-electron chi connectivity index (χ1n) is 10.5. The van der Waals surface area contributed by atoms with E-state index in [4.69, 9.17) is 9.84 Å². The minimum atomic E-state index is -4.41. The molecule has 1 heterocycles. The maximum atomic E-state index is 14.3. The van der Waals surface area contributed by atoms with Crippen LogP contribution in [0.4, 0.5) is 23.5 Å². The van der Waals surface area contributed by atoms with Crippen LogP contribution in [0.3, 0.4) is 0 Å². The Morgan fingerprint density at radius 2 is 1.68 bits per heavy atom. The molecule has 0 fully saturated rings. The Balaban J connectivity index is 1.76. The Morgan fingerprint density at radius 1 is 1.03 bits per heavy atom. The second kappa shape index (κ2) is 11.0. The highest BCUT2D eigenvalue weighted by Gasteiger charge is 2.30. The highest BCUT2D eigenvalue weighted by Crippen LogP contribution is 2.29. The van der Waals surface area contributed by atoms with Gasteiger partial charge in [-0.1, -0.05) is 25.1 Å². The molecular formula is C24H23F4N3O3. The molecule has 0 radical (unpaired) electrons. The average Bonchev–Trinajstić information content (AvgIpc) is 2.81. The van der Waals surface area contributed by atoms with Crippen LogP contribution in [0.2, 0.25) is 0 Å². The summed E-state index contributed by atoms with van der Waals surface area (Å²) in [5, 5.41) is 8.66. The smallest absolute Gasteiger partial charge is 0.416 e. The largest absolute Gasteiger partial charge is 0.479 e. The number of nitrogens with zero attached hydrogens (tertiary/aromatic N) is 3. The molecule has 10 heteroatoms. The first-order chi connectivity index (χ1) is 16.2. The van der Waals surface area contributed by atoms with Gasteiger partial charge < -0.3 is 14.7 Å². The third kappa shape index (κ3) is 6.90. The summed E-state index contributed by atoms with van der Waals surface area (Å²) in [4.78, 5) is 21.1. The Labute approximate surface area is 193 Å². The second-order valence-electron chi connectivity index (χ2n) is 7.56. The number of carboxylic acids is 1. The van der Waals surface area contributed by atoms with Crippen LogP contribution in [-0.4, -0.2) is 34.2 Å². The van der Waals surface area contributed by atoms with Crippen molar-refractivity contribution in [2.75, 3.05) is 18.1 Å². The fourth-order valence-electron chi connectivity index (χ4n) is 3.18. The van der Waals surface area contributed by atoms with Gasteiger partial charge in [-0.3, -0.25) is 0 Å². The summed E-state index contributed by atoms with van der Waals surface area (Å²) >= 11 is 0. The molecule has 0 saturated heterocycles. The standard InChI is InChI=1S/C24H23F4N3O3/c1-2-16-12-29-23(30-13-16)31(14-18-3-6-19(7-4-18)24(26,27)28)10-9-17-5-8-21(20(25)11-17)34-15-22(32)33/h3-8,11-13H,2,9-10,14-15H2,1H3,(H,32,33). The van der Waals surface area contributed by atoms with E-state index in [0.717, 1.165) is 24.1 Å². The predicted molar refractivity (Wildman–Crippen MR) is 117 cm³/mol. The topological polar surface area (TPSA) is 75.6 Å². The maximum absolute atomic E-state index is 14.3. The van der Waals surface area contributed by atoms with E-state index in [0.29, 0.717) is 30.0 Å². The SMILES string of the molecule is CCc1cnc(N(CCc2ccc(OCC(=O)O)c(F)c2)Cc2ccc(C(F)(F)F)cc2)nc1. The maximum Gasteiger partial charge on any atom is 0.416 e. The van der Waals surface area contributed by atoms with Gasteiger partial charge >= 0.3 is 12.1 Å². The van der Waals surface area contributed by atoms with E-state index in [2.05, 4.69) is 9.97 Å². The van der Waals surface area contributed by atoms with Crippen LogP contribution in [0.25, 0.3) is 0 Å². The van der Waals surface area contributed by atoms with Gasteiger partial charge in [-0.25, -0.2) is 19.2 Å². The van der Waals surface area contributed by atoms with Gasteiger partial charge in [-0.05, 0) is 53.8 Å². The van der Waals surface area contributed by atoms with E-state index < -0.39 is 30.1 Å². The molecule has 34 heavy (non-hydrogen) atoms. The van der Waals surface area contributed by atoms with Crippen molar-refractivity contribution in [2.24, 2.45) is 0 Å². The van der Waals surface area contributed by atoms with Gasteiger partial charge in [0.15, 0.2) is 18.2 Å². The van der Waals surface area contributed by atoms with Crippen LogP contribution >= 0.6 is 0 Å². The van der Waals surface area contributed by atoms with Gasteiger partial charge in [0, 0.05) is 25.5 Å². The molecule has 3 aromatic rings. The Kier molecular flexibility index (Phi) is 8.04. The third-order valence-corrected chi connectivity index (χ3v) is 5.06. The number of aryl methyl sites for hydroxylation is 1. The van der Waals surface area contributed by atoms with Crippen molar-refractivity contribution in [1.29, 1.82) is 0 Å². The van der Waals surface area contributed by atoms with Gasteiger partial charge in [0.1, 0.15) is 0 Å². The lowest BCUT2D eigenvalue weighted by molar-refractivity contribution is -0.139. The Morgan fingerprint density at radius 3 is 2.24 bits per heavy atom. The van der Waals surface area contributed by atoms with Gasteiger partial charge in [-0.2, -0.15) is 13.2 Å². The number of hydrogen-bond donors (Lipinski definition) is 1. The molecular weight excluding hydrogens is 454 g/mol. The van der Waals surface area contributed by atoms with E-state index in [-0.39, 0.29) is 12.3 Å². The molecule has 180 valence electrons. The lowest BCUT2D eigenvalue weighted by Crippen LogP contribution is -2.27. The monoisotopic (exact) mass is 477 g/mol. The summed E-state index contributed by atoms with van der Waals surface area (Å²) in [5.41, 5.74) is 1.48. The zero-order chi connectivity index (χ0) is 24.7. The molecule has 0 aliphatic heterocycles. The van der Waals surface area contributed by atoms with Gasteiger partial charge in [0.05, 0.1) is 5.56 Å². The van der Waals surface area contributed by atoms with Crippen LogP contribution in [0.5, 0.6) is 5.75 Å².